The molecule has 134 valence electrons. The molecular formula is C20H20N2O2S2. The fourth-order valence-corrected chi connectivity index (χ4v) is 4.43. The molecule has 2 aromatic heterocycles. The number of thiazole rings is 1. The van der Waals surface area contributed by atoms with Crippen LogP contribution in [0.5, 0.6) is 5.75 Å². The van der Waals surface area contributed by atoms with Gasteiger partial charge in [-0.1, -0.05) is 12.1 Å². The van der Waals surface area contributed by atoms with E-state index in [4.69, 9.17) is 4.74 Å². The maximum atomic E-state index is 12.9. The van der Waals surface area contributed by atoms with Crippen molar-refractivity contribution >= 4 is 28.6 Å². The number of rotatable bonds is 7. The van der Waals surface area contributed by atoms with E-state index in [1.54, 1.807) is 29.8 Å². The number of amides is 1. The van der Waals surface area contributed by atoms with Crippen molar-refractivity contribution in [3.05, 3.63) is 57.7 Å². The number of carbonyl (C=O) groups excluding carboxylic acids is 1. The molecule has 26 heavy (non-hydrogen) atoms. The standard InChI is InChI=1S/C20H20N2O2S2/c1-24-18-6-2-14(3-7-18)11-22(17-4-5-17)19(23)10-16-13-26-20(21-16)15-8-9-25-12-15/h2-3,6-9,12-13,17H,4-5,10-11H2,1H3. The molecule has 0 N–H and O–H groups in total. The fourth-order valence-electron chi connectivity index (χ4n) is 2.90. The van der Waals surface area contributed by atoms with Crippen LogP contribution in [-0.4, -0.2) is 28.9 Å². The number of ether oxygens (including phenoxy) is 1. The number of nitrogens with zero attached hydrogens (tertiary/aromatic N) is 2. The summed E-state index contributed by atoms with van der Waals surface area (Å²) in [5.74, 6) is 0.993. The molecule has 0 aliphatic heterocycles. The molecule has 0 bridgehead atoms. The minimum Gasteiger partial charge on any atom is -0.497 e. The molecule has 1 aromatic carbocycles. The van der Waals surface area contributed by atoms with Crippen molar-refractivity contribution < 1.29 is 9.53 Å². The van der Waals surface area contributed by atoms with Crippen LogP contribution in [0.3, 0.4) is 0 Å². The third kappa shape index (κ3) is 3.97. The van der Waals surface area contributed by atoms with Gasteiger partial charge in [-0.15, -0.1) is 11.3 Å². The Morgan fingerprint density at radius 2 is 2.04 bits per heavy atom. The lowest BCUT2D eigenvalue weighted by Crippen LogP contribution is -2.33. The van der Waals surface area contributed by atoms with Gasteiger partial charge in [0.25, 0.3) is 0 Å². The Kier molecular flexibility index (Phi) is 5.04. The molecule has 0 spiro atoms. The van der Waals surface area contributed by atoms with Gasteiger partial charge in [0.1, 0.15) is 10.8 Å². The number of hydrogen-bond donors (Lipinski definition) is 0. The third-order valence-electron chi connectivity index (χ3n) is 4.47. The van der Waals surface area contributed by atoms with Crippen LogP contribution < -0.4 is 4.74 Å². The lowest BCUT2D eigenvalue weighted by molar-refractivity contribution is -0.131. The molecule has 1 amide bonds. The number of methoxy groups -OCH3 is 1. The van der Waals surface area contributed by atoms with E-state index in [1.165, 1.54) is 0 Å². The van der Waals surface area contributed by atoms with Crippen molar-refractivity contribution in [2.45, 2.75) is 31.8 Å². The molecule has 1 fully saturated rings. The minimum absolute atomic E-state index is 0.158. The summed E-state index contributed by atoms with van der Waals surface area (Å²) < 4.78 is 5.21. The SMILES string of the molecule is COc1ccc(CN(C(=O)Cc2csc(-c3ccsc3)n2)C2CC2)cc1. The first-order valence-corrected chi connectivity index (χ1v) is 10.4. The lowest BCUT2D eigenvalue weighted by Gasteiger charge is -2.22. The largest absolute Gasteiger partial charge is 0.497 e. The third-order valence-corrected chi connectivity index (χ3v) is 6.10. The highest BCUT2D eigenvalue weighted by atomic mass is 32.1. The van der Waals surface area contributed by atoms with Gasteiger partial charge in [0, 0.05) is 28.9 Å². The summed E-state index contributed by atoms with van der Waals surface area (Å²) in [6, 6.07) is 10.4. The predicted molar refractivity (Wildman–Crippen MR) is 106 cm³/mol. The molecule has 0 radical (unpaired) electrons. The van der Waals surface area contributed by atoms with Crippen molar-refractivity contribution in [3.63, 3.8) is 0 Å². The van der Waals surface area contributed by atoms with Gasteiger partial charge in [-0.05, 0) is 42.0 Å². The predicted octanol–water partition coefficient (Wildman–Crippen LogP) is 4.61. The summed E-state index contributed by atoms with van der Waals surface area (Å²) in [5, 5.41) is 7.13. The summed E-state index contributed by atoms with van der Waals surface area (Å²) in [6.07, 6.45) is 2.56. The Bertz CT molecular complexity index is 868. The van der Waals surface area contributed by atoms with Gasteiger partial charge in [0.05, 0.1) is 19.2 Å². The smallest absolute Gasteiger partial charge is 0.229 e. The van der Waals surface area contributed by atoms with Gasteiger partial charge < -0.3 is 9.64 Å². The molecule has 4 rings (SSSR count). The zero-order chi connectivity index (χ0) is 17.9. The summed E-state index contributed by atoms with van der Waals surface area (Å²) >= 11 is 3.27. The van der Waals surface area contributed by atoms with E-state index in [1.807, 2.05) is 39.9 Å². The van der Waals surface area contributed by atoms with Crippen LogP contribution in [0.1, 0.15) is 24.1 Å². The molecule has 2 heterocycles. The molecule has 1 aliphatic carbocycles. The Morgan fingerprint density at radius 1 is 1.23 bits per heavy atom. The second kappa shape index (κ2) is 7.60. The van der Waals surface area contributed by atoms with Crippen LogP contribution in [0.15, 0.2) is 46.5 Å². The highest BCUT2D eigenvalue weighted by molar-refractivity contribution is 7.14. The normalized spacial score (nSPS) is 13.6. The molecule has 0 atom stereocenters. The molecule has 3 aromatic rings. The highest BCUT2D eigenvalue weighted by Crippen LogP contribution is 2.30. The second-order valence-corrected chi connectivity index (χ2v) is 8.07. The van der Waals surface area contributed by atoms with E-state index in [2.05, 4.69) is 16.4 Å². The van der Waals surface area contributed by atoms with Crippen molar-refractivity contribution in [3.8, 4) is 16.3 Å². The molecular weight excluding hydrogens is 364 g/mol. The molecule has 1 saturated carbocycles. The molecule has 6 heteroatoms. The second-order valence-electron chi connectivity index (χ2n) is 6.43. The lowest BCUT2D eigenvalue weighted by atomic mass is 10.2. The maximum absolute atomic E-state index is 12.9. The fraction of sp³-hybridized carbons (Fsp3) is 0.300. The summed E-state index contributed by atoms with van der Waals surface area (Å²) in [6.45, 7) is 0.648. The van der Waals surface area contributed by atoms with E-state index >= 15 is 0 Å². The van der Waals surface area contributed by atoms with Gasteiger partial charge in [0.15, 0.2) is 0 Å². The number of aromatic nitrogens is 1. The minimum atomic E-state index is 0.158. The van der Waals surface area contributed by atoms with Crippen molar-refractivity contribution in [2.24, 2.45) is 0 Å². The van der Waals surface area contributed by atoms with Crippen molar-refractivity contribution in [1.29, 1.82) is 0 Å². The van der Waals surface area contributed by atoms with Crippen LogP contribution in [0.25, 0.3) is 10.6 Å². The Balaban J connectivity index is 1.44. The summed E-state index contributed by atoms with van der Waals surface area (Å²) in [7, 11) is 1.66. The van der Waals surface area contributed by atoms with Gasteiger partial charge in [-0.3, -0.25) is 4.79 Å². The molecule has 0 saturated heterocycles. The topological polar surface area (TPSA) is 42.4 Å². The number of benzene rings is 1. The van der Waals surface area contributed by atoms with E-state index in [0.717, 1.165) is 40.4 Å². The zero-order valence-electron chi connectivity index (χ0n) is 14.6. The molecule has 1 aliphatic rings. The average Bonchev–Trinajstić information content (AvgIpc) is 3.15. The first-order valence-electron chi connectivity index (χ1n) is 8.62. The van der Waals surface area contributed by atoms with E-state index < -0.39 is 0 Å². The molecule has 0 unspecified atom stereocenters. The van der Waals surface area contributed by atoms with Crippen LogP contribution >= 0.6 is 22.7 Å². The van der Waals surface area contributed by atoms with Crippen LogP contribution in [0.4, 0.5) is 0 Å². The van der Waals surface area contributed by atoms with Crippen LogP contribution in [-0.2, 0) is 17.8 Å². The number of thiophene rings is 1. The van der Waals surface area contributed by atoms with Crippen LogP contribution in [0.2, 0.25) is 0 Å². The Hall–Kier alpha value is -2.18. The van der Waals surface area contributed by atoms with Crippen molar-refractivity contribution in [2.75, 3.05) is 7.11 Å². The van der Waals surface area contributed by atoms with E-state index in [-0.39, 0.29) is 5.91 Å². The number of carbonyl (C=O) groups is 1. The van der Waals surface area contributed by atoms with Gasteiger partial charge in [-0.2, -0.15) is 11.3 Å². The first kappa shape index (κ1) is 17.2. The highest BCUT2D eigenvalue weighted by Gasteiger charge is 2.32. The summed E-state index contributed by atoms with van der Waals surface area (Å²) in [5.41, 5.74) is 3.13. The Labute approximate surface area is 161 Å². The van der Waals surface area contributed by atoms with Gasteiger partial charge in [-0.25, -0.2) is 4.98 Å². The molecule has 4 nitrogen and oxygen atoms in total. The van der Waals surface area contributed by atoms with Gasteiger partial charge in [0.2, 0.25) is 5.91 Å². The maximum Gasteiger partial charge on any atom is 0.229 e. The summed E-state index contributed by atoms with van der Waals surface area (Å²) in [4.78, 5) is 19.5. The average molecular weight is 385 g/mol. The van der Waals surface area contributed by atoms with Crippen LogP contribution in [0, 0.1) is 0 Å². The Morgan fingerprint density at radius 3 is 2.69 bits per heavy atom. The van der Waals surface area contributed by atoms with E-state index in [9.17, 15) is 4.79 Å². The van der Waals surface area contributed by atoms with E-state index in [0.29, 0.717) is 19.0 Å². The number of hydrogen-bond acceptors (Lipinski definition) is 5. The zero-order valence-corrected chi connectivity index (χ0v) is 16.2. The van der Waals surface area contributed by atoms with Crippen molar-refractivity contribution in [1.82, 2.24) is 9.88 Å². The monoisotopic (exact) mass is 384 g/mol. The van der Waals surface area contributed by atoms with Gasteiger partial charge >= 0.3 is 0 Å². The first-order chi connectivity index (χ1) is 12.7. The quantitative estimate of drug-likeness (QED) is 0.597.